The summed E-state index contributed by atoms with van der Waals surface area (Å²) in [4.78, 5) is 18.4. The molecule has 64 heavy (non-hydrogen) atoms. The van der Waals surface area contributed by atoms with Crippen LogP contribution >= 0.6 is 22.7 Å². The number of hydrogen-bond acceptors (Lipinski definition) is 6. The molecule has 5 nitrogen and oxygen atoms in total. The second-order valence-electron chi connectivity index (χ2n) is 16.0. The highest BCUT2D eigenvalue weighted by molar-refractivity contribution is 7.26. The van der Waals surface area contributed by atoms with Crippen LogP contribution in [0.3, 0.4) is 0 Å². The summed E-state index contributed by atoms with van der Waals surface area (Å²) in [5.41, 5.74) is 9.57. The van der Waals surface area contributed by atoms with Gasteiger partial charge >= 0.3 is 0 Å². The summed E-state index contributed by atoms with van der Waals surface area (Å²) in [7, 11) is 0. The van der Waals surface area contributed by atoms with Gasteiger partial charge < -0.3 is 4.57 Å². The summed E-state index contributed by atoms with van der Waals surface area (Å²) in [6.07, 6.45) is 0. The second-order valence-corrected chi connectivity index (χ2v) is 18.2. The molecule has 0 N–H and O–H groups in total. The third kappa shape index (κ3) is 6.01. The van der Waals surface area contributed by atoms with E-state index in [0.717, 1.165) is 39.2 Å². The van der Waals surface area contributed by atoms with Gasteiger partial charge in [0.1, 0.15) is 0 Å². The Hall–Kier alpha value is -7.97. The molecule has 0 amide bonds. The van der Waals surface area contributed by atoms with Gasteiger partial charge in [0.05, 0.1) is 21.4 Å². The van der Waals surface area contributed by atoms with E-state index in [4.69, 9.17) is 15.0 Å². The van der Waals surface area contributed by atoms with Crippen molar-refractivity contribution in [3.05, 3.63) is 212 Å². The third-order valence-corrected chi connectivity index (χ3v) is 14.6. The van der Waals surface area contributed by atoms with Gasteiger partial charge in [0.25, 0.3) is 0 Å². The SMILES string of the molecule is c1ccc(-c2ccc3c(c2)sc2ccc(N(c4nc(-c5ccccc5)nc(-c5ccc6c7ccccc7n(-c7ccccc7)c6c5)n4)c4cccc5c4sc4ccccc45)cc23)cc1. The zero-order valence-corrected chi connectivity index (χ0v) is 35.9. The van der Waals surface area contributed by atoms with Crippen LogP contribution in [0.5, 0.6) is 0 Å². The van der Waals surface area contributed by atoms with E-state index in [1.165, 1.54) is 62.2 Å². The molecule has 0 saturated heterocycles. The van der Waals surface area contributed by atoms with E-state index in [-0.39, 0.29) is 0 Å². The molecule has 0 aliphatic heterocycles. The summed E-state index contributed by atoms with van der Waals surface area (Å²) >= 11 is 3.63. The van der Waals surface area contributed by atoms with Gasteiger partial charge in [-0.15, -0.1) is 22.7 Å². The van der Waals surface area contributed by atoms with Crippen LogP contribution in [0.25, 0.3) is 102 Å². The van der Waals surface area contributed by atoms with Crippen LogP contribution in [0, 0.1) is 0 Å². The topological polar surface area (TPSA) is 46.8 Å². The predicted octanol–water partition coefficient (Wildman–Crippen LogP) is 16.2. The van der Waals surface area contributed by atoms with E-state index >= 15 is 0 Å². The Labute approximate surface area is 376 Å². The van der Waals surface area contributed by atoms with Crippen molar-refractivity contribution >= 4 is 102 Å². The number of fused-ring (bicyclic) bond motifs is 9. The highest BCUT2D eigenvalue weighted by atomic mass is 32.1. The molecule has 7 heteroatoms. The van der Waals surface area contributed by atoms with Crippen LogP contribution in [-0.4, -0.2) is 19.5 Å². The van der Waals surface area contributed by atoms with E-state index in [1.807, 2.05) is 29.5 Å². The normalized spacial score (nSPS) is 11.8. The molecule has 0 aliphatic rings. The minimum atomic E-state index is 0.544. The van der Waals surface area contributed by atoms with Crippen LogP contribution in [0.15, 0.2) is 212 Å². The van der Waals surface area contributed by atoms with Gasteiger partial charge in [0.2, 0.25) is 5.95 Å². The maximum absolute atomic E-state index is 5.48. The smallest absolute Gasteiger partial charge is 0.238 e. The maximum Gasteiger partial charge on any atom is 0.238 e. The van der Waals surface area contributed by atoms with Crippen molar-refractivity contribution in [2.45, 2.75) is 0 Å². The first kappa shape index (κ1) is 36.7. The van der Waals surface area contributed by atoms with Crippen LogP contribution < -0.4 is 4.90 Å². The Morgan fingerprint density at radius 2 is 0.984 bits per heavy atom. The van der Waals surface area contributed by atoms with Crippen LogP contribution in [0.1, 0.15) is 0 Å². The van der Waals surface area contributed by atoms with Crippen molar-refractivity contribution in [1.29, 1.82) is 0 Å². The number of thiophene rings is 2. The van der Waals surface area contributed by atoms with Crippen molar-refractivity contribution in [2.75, 3.05) is 4.90 Å². The molecule has 13 rings (SSSR count). The first-order chi connectivity index (χ1) is 31.7. The van der Waals surface area contributed by atoms with Gasteiger partial charge in [-0.2, -0.15) is 9.97 Å². The largest absolute Gasteiger partial charge is 0.309 e. The average molecular weight is 854 g/mol. The molecule has 4 aromatic heterocycles. The molecule has 300 valence electrons. The minimum Gasteiger partial charge on any atom is -0.309 e. The van der Waals surface area contributed by atoms with Gasteiger partial charge in [0, 0.05) is 68.9 Å². The van der Waals surface area contributed by atoms with Crippen molar-refractivity contribution < 1.29 is 0 Å². The molecule has 0 fully saturated rings. The van der Waals surface area contributed by atoms with Crippen molar-refractivity contribution in [2.24, 2.45) is 0 Å². The molecule has 0 unspecified atom stereocenters. The monoisotopic (exact) mass is 853 g/mol. The number of nitrogens with zero attached hydrogens (tertiary/aromatic N) is 5. The van der Waals surface area contributed by atoms with Crippen LogP contribution in [0.4, 0.5) is 17.3 Å². The van der Waals surface area contributed by atoms with Gasteiger partial charge in [-0.25, -0.2) is 4.98 Å². The molecule has 0 atom stereocenters. The fourth-order valence-corrected chi connectivity index (χ4v) is 11.6. The lowest BCUT2D eigenvalue weighted by molar-refractivity contribution is 1.03. The van der Waals surface area contributed by atoms with E-state index in [0.29, 0.717) is 17.6 Å². The lowest BCUT2D eigenvalue weighted by Crippen LogP contribution is -2.15. The lowest BCUT2D eigenvalue weighted by atomic mass is 10.0. The molecule has 9 aromatic carbocycles. The highest BCUT2D eigenvalue weighted by Gasteiger charge is 2.24. The van der Waals surface area contributed by atoms with Gasteiger partial charge in [0.15, 0.2) is 11.6 Å². The number of aromatic nitrogens is 4. The molecule has 0 aliphatic carbocycles. The van der Waals surface area contributed by atoms with E-state index in [1.54, 1.807) is 11.3 Å². The fourth-order valence-electron chi connectivity index (χ4n) is 9.26. The molecule has 0 radical (unpaired) electrons. The van der Waals surface area contributed by atoms with Crippen LogP contribution in [-0.2, 0) is 0 Å². The first-order valence-electron chi connectivity index (χ1n) is 21.3. The third-order valence-electron chi connectivity index (χ3n) is 12.2. The molecule has 4 heterocycles. The number of rotatable bonds is 7. The highest BCUT2D eigenvalue weighted by Crippen LogP contribution is 2.46. The lowest BCUT2D eigenvalue weighted by Gasteiger charge is -2.25. The maximum atomic E-state index is 5.48. The van der Waals surface area contributed by atoms with Crippen LogP contribution in [0.2, 0.25) is 0 Å². The molecular formula is C57H35N5S2. The first-order valence-corrected chi connectivity index (χ1v) is 23.0. The van der Waals surface area contributed by atoms with E-state index in [2.05, 4.69) is 204 Å². The Morgan fingerprint density at radius 1 is 0.359 bits per heavy atom. The summed E-state index contributed by atoms with van der Waals surface area (Å²) in [6, 6.07) is 75.5. The minimum absolute atomic E-state index is 0.544. The van der Waals surface area contributed by atoms with E-state index in [9.17, 15) is 0 Å². The van der Waals surface area contributed by atoms with Gasteiger partial charge in [-0.1, -0.05) is 152 Å². The standard InChI is InChI=1S/C57H35N5S2/c1-4-15-36(16-5-1)38-27-31-45-47-35-41(29-32-52(47)63-53(45)34-38)62(49-25-14-23-46-44-22-11-13-26-51(44)64-54(46)49)57-59-55(37-17-6-2-7-18-37)58-56(60-57)39-28-30-43-42-21-10-12-24-48(42)61(50(43)33-39)40-19-8-3-9-20-40/h1-35H. The van der Waals surface area contributed by atoms with Gasteiger partial charge in [-0.3, -0.25) is 4.90 Å². The summed E-state index contributed by atoms with van der Waals surface area (Å²) < 4.78 is 7.23. The predicted molar refractivity (Wildman–Crippen MR) is 271 cm³/mol. The van der Waals surface area contributed by atoms with E-state index < -0.39 is 0 Å². The molecule has 0 bridgehead atoms. The Kier molecular flexibility index (Phi) is 8.50. The molecular weight excluding hydrogens is 819 g/mol. The van der Waals surface area contributed by atoms with Crippen molar-refractivity contribution in [1.82, 2.24) is 19.5 Å². The number of benzene rings is 9. The summed E-state index contributed by atoms with van der Waals surface area (Å²) in [6.45, 7) is 0. The number of anilines is 3. The Bertz CT molecular complexity index is 3910. The second kappa shape index (κ2) is 14.8. The molecule has 0 saturated carbocycles. The van der Waals surface area contributed by atoms with Crippen molar-refractivity contribution in [3.8, 4) is 39.6 Å². The van der Waals surface area contributed by atoms with Gasteiger partial charge in [-0.05, 0) is 71.8 Å². The Morgan fingerprint density at radius 3 is 1.81 bits per heavy atom. The Balaban J connectivity index is 1.06. The summed E-state index contributed by atoms with van der Waals surface area (Å²) in [5, 5.41) is 7.24. The zero-order valence-electron chi connectivity index (χ0n) is 34.3. The molecule has 0 spiro atoms. The van der Waals surface area contributed by atoms with Crippen molar-refractivity contribution in [3.63, 3.8) is 0 Å². The number of hydrogen-bond donors (Lipinski definition) is 0. The average Bonchev–Trinajstić information content (AvgIpc) is 4.04. The fraction of sp³-hybridized carbons (Fsp3) is 0. The number of para-hydroxylation sites is 2. The summed E-state index contributed by atoms with van der Waals surface area (Å²) in [5.74, 6) is 1.75. The molecule has 13 aromatic rings. The quantitative estimate of drug-likeness (QED) is 0.160. The zero-order chi connectivity index (χ0) is 42.1.